The van der Waals surface area contributed by atoms with E-state index in [2.05, 4.69) is 43.4 Å². The lowest BCUT2D eigenvalue weighted by molar-refractivity contribution is 0.768. The van der Waals surface area contributed by atoms with E-state index in [-0.39, 0.29) is 0 Å². The average molecular weight is 209 g/mol. The van der Waals surface area contributed by atoms with Gasteiger partial charge in [-0.25, -0.2) is 0 Å². The van der Waals surface area contributed by atoms with Crippen LogP contribution in [0.2, 0.25) is 0 Å². The molecule has 0 aromatic heterocycles. The fraction of sp³-hybridized carbons (Fsp3) is 0.500. The summed E-state index contributed by atoms with van der Waals surface area (Å²) < 4.78 is 0. The largest absolute Gasteiger partial charge is 0.316 e. The van der Waals surface area contributed by atoms with Crippen LogP contribution in [0.4, 0.5) is 0 Å². The zero-order chi connectivity index (χ0) is 10.2. The maximum absolute atomic E-state index is 3.33. The lowest BCUT2D eigenvalue weighted by Crippen LogP contribution is -2.15. The minimum absolute atomic E-state index is 1.07. The number of thioether (sulfide) groups is 1. The van der Waals surface area contributed by atoms with Crippen molar-refractivity contribution >= 4 is 11.8 Å². The molecule has 1 aromatic carbocycles. The van der Waals surface area contributed by atoms with E-state index in [1.807, 2.05) is 11.8 Å². The Bertz CT molecular complexity index is 260. The first kappa shape index (κ1) is 11.6. The Labute approximate surface area is 91.3 Å². The Kier molecular flexibility index (Phi) is 5.72. The molecule has 0 saturated carbocycles. The molecule has 2 heteroatoms. The molecule has 0 radical (unpaired) electrons. The Morgan fingerprint density at radius 3 is 2.79 bits per heavy atom. The third-order valence-electron chi connectivity index (χ3n) is 2.19. The maximum atomic E-state index is 3.33. The molecule has 0 unspecified atom stereocenters. The molecule has 0 aliphatic rings. The number of nitrogens with one attached hydrogen (secondary N) is 1. The van der Waals surface area contributed by atoms with E-state index < -0.39 is 0 Å². The molecule has 78 valence electrons. The van der Waals surface area contributed by atoms with Gasteiger partial charge in [-0.3, -0.25) is 0 Å². The number of hydrogen-bond acceptors (Lipinski definition) is 2. The van der Waals surface area contributed by atoms with E-state index in [9.17, 15) is 0 Å². The van der Waals surface area contributed by atoms with Gasteiger partial charge in [0.15, 0.2) is 0 Å². The molecule has 0 aliphatic carbocycles. The van der Waals surface area contributed by atoms with Crippen LogP contribution in [0.25, 0.3) is 0 Å². The van der Waals surface area contributed by atoms with E-state index in [0.717, 1.165) is 18.8 Å². The minimum Gasteiger partial charge on any atom is -0.316 e. The number of rotatable bonds is 6. The summed E-state index contributed by atoms with van der Waals surface area (Å²) in [6.45, 7) is 6.52. The first-order chi connectivity index (χ1) is 6.84. The van der Waals surface area contributed by atoms with Crippen molar-refractivity contribution in [1.82, 2.24) is 5.32 Å². The van der Waals surface area contributed by atoms with Gasteiger partial charge < -0.3 is 5.32 Å². The van der Waals surface area contributed by atoms with Gasteiger partial charge in [0.2, 0.25) is 0 Å². The summed E-state index contributed by atoms with van der Waals surface area (Å²) in [6, 6.07) is 8.62. The van der Waals surface area contributed by atoms with E-state index in [1.54, 1.807) is 0 Å². The highest BCUT2D eigenvalue weighted by molar-refractivity contribution is 7.98. The van der Waals surface area contributed by atoms with Crippen molar-refractivity contribution in [3.63, 3.8) is 0 Å². The summed E-state index contributed by atoms with van der Waals surface area (Å²) in [5, 5.41) is 3.33. The molecule has 0 saturated heterocycles. The second-order valence-corrected chi connectivity index (χ2v) is 4.44. The zero-order valence-corrected chi connectivity index (χ0v) is 9.86. The van der Waals surface area contributed by atoms with Gasteiger partial charge in [0.1, 0.15) is 0 Å². The molecular formula is C12H19NS. The van der Waals surface area contributed by atoms with Crippen LogP contribution in [-0.4, -0.2) is 18.8 Å². The minimum atomic E-state index is 1.07. The van der Waals surface area contributed by atoms with Crippen LogP contribution in [-0.2, 0) is 5.75 Å². The molecule has 1 N–H and O–H groups in total. The van der Waals surface area contributed by atoms with Gasteiger partial charge >= 0.3 is 0 Å². The molecule has 0 heterocycles. The predicted molar refractivity (Wildman–Crippen MR) is 65.9 cm³/mol. The fourth-order valence-corrected chi connectivity index (χ4v) is 2.25. The van der Waals surface area contributed by atoms with Crippen LogP contribution < -0.4 is 5.32 Å². The first-order valence-corrected chi connectivity index (χ1v) is 6.33. The van der Waals surface area contributed by atoms with Gasteiger partial charge in [0.25, 0.3) is 0 Å². The number of aryl methyl sites for hydroxylation is 1. The molecule has 0 bridgehead atoms. The van der Waals surface area contributed by atoms with E-state index in [1.165, 1.54) is 16.9 Å². The van der Waals surface area contributed by atoms with Crippen molar-refractivity contribution in [2.75, 3.05) is 18.8 Å². The number of hydrogen-bond donors (Lipinski definition) is 1. The van der Waals surface area contributed by atoms with Crippen LogP contribution in [0.1, 0.15) is 18.1 Å². The molecule has 0 fully saturated rings. The van der Waals surface area contributed by atoms with Crippen LogP contribution in [0.15, 0.2) is 24.3 Å². The van der Waals surface area contributed by atoms with Gasteiger partial charge in [-0.05, 0) is 24.6 Å². The molecule has 1 rings (SSSR count). The highest BCUT2D eigenvalue weighted by atomic mass is 32.2. The third-order valence-corrected chi connectivity index (χ3v) is 3.20. The molecule has 14 heavy (non-hydrogen) atoms. The third kappa shape index (κ3) is 4.16. The van der Waals surface area contributed by atoms with Crippen molar-refractivity contribution in [3.8, 4) is 0 Å². The second kappa shape index (κ2) is 6.91. The van der Waals surface area contributed by atoms with E-state index >= 15 is 0 Å². The standard InChI is InChI=1S/C12H19NS/c1-3-13-8-9-14-10-12-7-5-4-6-11(12)2/h4-7,13H,3,8-10H2,1-2H3. The van der Waals surface area contributed by atoms with Crippen molar-refractivity contribution < 1.29 is 0 Å². The van der Waals surface area contributed by atoms with E-state index in [0.29, 0.717) is 0 Å². The van der Waals surface area contributed by atoms with Crippen LogP contribution in [0.3, 0.4) is 0 Å². The molecule has 0 aliphatic heterocycles. The van der Waals surface area contributed by atoms with Crippen molar-refractivity contribution in [2.24, 2.45) is 0 Å². The average Bonchev–Trinajstić information content (AvgIpc) is 2.20. The molecule has 1 nitrogen and oxygen atoms in total. The summed E-state index contributed by atoms with van der Waals surface area (Å²) in [7, 11) is 0. The van der Waals surface area contributed by atoms with Crippen LogP contribution >= 0.6 is 11.8 Å². The smallest absolute Gasteiger partial charge is 0.0187 e. The Morgan fingerprint density at radius 1 is 1.29 bits per heavy atom. The Morgan fingerprint density at radius 2 is 2.07 bits per heavy atom. The summed E-state index contributed by atoms with van der Waals surface area (Å²) in [5.74, 6) is 2.33. The summed E-state index contributed by atoms with van der Waals surface area (Å²) in [6.07, 6.45) is 0. The lowest BCUT2D eigenvalue weighted by Gasteiger charge is -2.05. The highest BCUT2D eigenvalue weighted by Gasteiger charge is 1.96. The van der Waals surface area contributed by atoms with Gasteiger partial charge in [-0.1, -0.05) is 31.2 Å². The Balaban J connectivity index is 2.21. The molecule has 0 amide bonds. The fourth-order valence-electron chi connectivity index (χ4n) is 1.28. The summed E-state index contributed by atoms with van der Waals surface area (Å²) >= 11 is 2.00. The molecule has 1 aromatic rings. The highest BCUT2D eigenvalue weighted by Crippen LogP contribution is 2.14. The summed E-state index contributed by atoms with van der Waals surface area (Å²) in [5.41, 5.74) is 2.87. The van der Waals surface area contributed by atoms with Crippen molar-refractivity contribution in [3.05, 3.63) is 35.4 Å². The maximum Gasteiger partial charge on any atom is 0.0187 e. The van der Waals surface area contributed by atoms with Gasteiger partial charge in [0.05, 0.1) is 0 Å². The predicted octanol–water partition coefficient (Wildman–Crippen LogP) is 2.84. The first-order valence-electron chi connectivity index (χ1n) is 5.17. The monoisotopic (exact) mass is 209 g/mol. The topological polar surface area (TPSA) is 12.0 Å². The normalized spacial score (nSPS) is 10.4. The van der Waals surface area contributed by atoms with E-state index in [4.69, 9.17) is 0 Å². The molecule has 0 spiro atoms. The second-order valence-electron chi connectivity index (χ2n) is 3.33. The van der Waals surface area contributed by atoms with Crippen LogP contribution in [0.5, 0.6) is 0 Å². The summed E-state index contributed by atoms with van der Waals surface area (Å²) in [4.78, 5) is 0. The van der Waals surface area contributed by atoms with Crippen LogP contribution in [0, 0.1) is 6.92 Å². The zero-order valence-electron chi connectivity index (χ0n) is 9.05. The Hall–Kier alpha value is -0.470. The van der Waals surface area contributed by atoms with Gasteiger partial charge in [-0.2, -0.15) is 11.8 Å². The van der Waals surface area contributed by atoms with Gasteiger partial charge in [-0.15, -0.1) is 0 Å². The quantitative estimate of drug-likeness (QED) is 0.723. The molecular weight excluding hydrogens is 190 g/mol. The lowest BCUT2D eigenvalue weighted by atomic mass is 10.1. The number of benzene rings is 1. The molecule has 0 atom stereocenters. The van der Waals surface area contributed by atoms with Gasteiger partial charge in [0, 0.05) is 18.1 Å². The SMILES string of the molecule is CCNCCSCc1ccccc1C. The van der Waals surface area contributed by atoms with Crippen molar-refractivity contribution in [1.29, 1.82) is 0 Å². The van der Waals surface area contributed by atoms with Crippen molar-refractivity contribution in [2.45, 2.75) is 19.6 Å².